The smallest absolute Gasteiger partial charge is 0.258 e. The van der Waals surface area contributed by atoms with Gasteiger partial charge in [0.2, 0.25) is 5.88 Å². The van der Waals surface area contributed by atoms with Gasteiger partial charge in [-0.3, -0.25) is 4.79 Å². The molecule has 0 aliphatic carbocycles. The average Bonchev–Trinajstić information content (AvgIpc) is 3.19. The van der Waals surface area contributed by atoms with Crippen LogP contribution in [-0.4, -0.2) is 9.97 Å². The van der Waals surface area contributed by atoms with Crippen molar-refractivity contribution in [3.05, 3.63) is 72.6 Å². The summed E-state index contributed by atoms with van der Waals surface area (Å²) in [5.74, 6) is 1.60. The molecule has 4 rings (SSSR count). The number of allylic oxidation sites excluding steroid dienone is 1. The molecule has 110 valence electrons. The molecule has 1 atom stereocenters. The summed E-state index contributed by atoms with van der Waals surface area (Å²) in [6.07, 6.45) is 2.01. The first kappa shape index (κ1) is 13.5. The number of ether oxygens (including phenoxy) is 1. The maximum Gasteiger partial charge on any atom is 0.258 e. The van der Waals surface area contributed by atoms with Crippen molar-refractivity contribution in [3.8, 4) is 5.88 Å². The van der Waals surface area contributed by atoms with E-state index < -0.39 is 0 Å². The van der Waals surface area contributed by atoms with Crippen molar-refractivity contribution >= 4 is 28.4 Å². The standard InChI is InChI=1S/C16H12N2O2S2/c1-9-17-15(19)14-10(12-4-2-6-21-12)8-11(20-16(14)18-9)13-5-3-7-22-13/h2-8,10H,1H3,(H,17,18,19). The monoisotopic (exact) mass is 328 g/mol. The fraction of sp³-hybridized carbons (Fsp3) is 0.125. The first-order valence-corrected chi connectivity index (χ1v) is 8.56. The Balaban J connectivity index is 1.93. The molecule has 0 bridgehead atoms. The van der Waals surface area contributed by atoms with Gasteiger partial charge < -0.3 is 9.72 Å². The van der Waals surface area contributed by atoms with Gasteiger partial charge in [-0.05, 0) is 35.9 Å². The molecule has 1 aliphatic rings. The lowest BCUT2D eigenvalue weighted by Gasteiger charge is -2.22. The van der Waals surface area contributed by atoms with E-state index in [-0.39, 0.29) is 11.5 Å². The molecular weight excluding hydrogens is 316 g/mol. The fourth-order valence-electron chi connectivity index (χ4n) is 2.54. The number of aromatic amines is 1. The molecule has 0 fully saturated rings. The van der Waals surface area contributed by atoms with Gasteiger partial charge in [0, 0.05) is 4.88 Å². The van der Waals surface area contributed by atoms with Crippen LogP contribution in [0.1, 0.15) is 27.1 Å². The molecule has 1 N–H and O–H groups in total. The number of thiophene rings is 2. The molecular formula is C16H12N2O2S2. The Bertz CT molecular complexity index is 893. The predicted octanol–water partition coefficient (Wildman–Crippen LogP) is 3.77. The third kappa shape index (κ3) is 2.20. The van der Waals surface area contributed by atoms with Crippen LogP contribution in [0.25, 0.3) is 5.76 Å². The zero-order chi connectivity index (χ0) is 15.1. The van der Waals surface area contributed by atoms with Crippen LogP contribution in [0.4, 0.5) is 0 Å². The Morgan fingerprint density at radius 2 is 2.05 bits per heavy atom. The van der Waals surface area contributed by atoms with Gasteiger partial charge >= 0.3 is 0 Å². The Morgan fingerprint density at radius 1 is 1.23 bits per heavy atom. The van der Waals surface area contributed by atoms with Crippen molar-refractivity contribution in [2.45, 2.75) is 12.8 Å². The quantitative estimate of drug-likeness (QED) is 0.779. The summed E-state index contributed by atoms with van der Waals surface area (Å²) < 4.78 is 5.91. The Kier molecular flexibility index (Phi) is 3.20. The van der Waals surface area contributed by atoms with Crippen molar-refractivity contribution in [2.24, 2.45) is 0 Å². The summed E-state index contributed by atoms with van der Waals surface area (Å²) >= 11 is 3.24. The minimum atomic E-state index is -0.137. The van der Waals surface area contributed by atoms with Crippen LogP contribution < -0.4 is 10.3 Å². The number of aromatic nitrogens is 2. The molecule has 6 heteroatoms. The van der Waals surface area contributed by atoms with Crippen molar-refractivity contribution in [1.29, 1.82) is 0 Å². The average molecular weight is 328 g/mol. The Morgan fingerprint density at radius 3 is 2.77 bits per heavy atom. The molecule has 0 aromatic carbocycles. The summed E-state index contributed by atoms with van der Waals surface area (Å²) in [5.41, 5.74) is 0.440. The maximum atomic E-state index is 12.4. The lowest BCUT2D eigenvalue weighted by molar-refractivity contribution is 0.467. The van der Waals surface area contributed by atoms with Crippen molar-refractivity contribution < 1.29 is 4.74 Å². The van der Waals surface area contributed by atoms with E-state index in [4.69, 9.17) is 4.74 Å². The number of rotatable bonds is 2. The minimum Gasteiger partial charge on any atom is -0.437 e. The van der Waals surface area contributed by atoms with Gasteiger partial charge in [-0.1, -0.05) is 12.1 Å². The van der Waals surface area contributed by atoms with Gasteiger partial charge in [0.05, 0.1) is 16.4 Å². The minimum absolute atomic E-state index is 0.127. The van der Waals surface area contributed by atoms with Gasteiger partial charge in [0.15, 0.2) is 0 Å². The van der Waals surface area contributed by atoms with Crippen molar-refractivity contribution in [2.75, 3.05) is 0 Å². The number of hydrogen-bond donors (Lipinski definition) is 1. The van der Waals surface area contributed by atoms with E-state index in [2.05, 4.69) is 9.97 Å². The maximum absolute atomic E-state index is 12.4. The zero-order valence-electron chi connectivity index (χ0n) is 11.7. The summed E-state index contributed by atoms with van der Waals surface area (Å²) in [6.45, 7) is 1.76. The Hall–Kier alpha value is -2.18. The van der Waals surface area contributed by atoms with E-state index in [1.54, 1.807) is 29.6 Å². The van der Waals surface area contributed by atoms with E-state index in [1.807, 2.05) is 41.1 Å². The number of fused-ring (bicyclic) bond motifs is 1. The molecule has 0 saturated heterocycles. The van der Waals surface area contributed by atoms with Crippen LogP contribution in [0, 0.1) is 6.92 Å². The number of H-pyrrole nitrogens is 1. The lowest BCUT2D eigenvalue weighted by atomic mass is 9.96. The van der Waals surface area contributed by atoms with Gasteiger partial charge in [0.1, 0.15) is 11.6 Å². The van der Waals surface area contributed by atoms with Crippen LogP contribution >= 0.6 is 22.7 Å². The number of hydrogen-bond acceptors (Lipinski definition) is 5. The molecule has 3 aromatic rings. The second-order valence-corrected chi connectivity index (χ2v) is 6.90. The lowest BCUT2D eigenvalue weighted by Crippen LogP contribution is -2.23. The number of aryl methyl sites for hydroxylation is 1. The van der Waals surface area contributed by atoms with Crippen LogP contribution in [0.2, 0.25) is 0 Å². The largest absolute Gasteiger partial charge is 0.437 e. The predicted molar refractivity (Wildman–Crippen MR) is 88.7 cm³/mol. The second-order valence-electron chi connectivity index (χ2n) is 4.97. The topological polar surface area (TPSA) is 55.0 Å². The first-order valence-electron chi connectivity index (χ1n) is 6.80. The molecule has 22 heavy (non-hydrogen) atoms. The van der Waals surface area contributed by atoms with Crippen LogP contribution in [0.5, 0.6) is 5.88 Å². The molecule has 0 amide bonds. The van der Waals surface area contributed by atoms with Crippen LogP contribution in [0.15, 0.2) is 45.9 Å². The highest BCUT2D eigenvalue weighted by Crippen LogP contribution is 2.40. The summed E-state index contributed by atoms with van der Waals surface area (Å²) in [6, 6.07) is 8.01. The molecule has 4 heterocycles. The molecule has 0 spiro atoms. The van der Waals surface area contributed by atoms with E-state index in [1.165, 1.54) is 0 Å². The summed E-state index contributed by atoms with van der Waals surface area (Å²) in [7, 11) is 0. The zero-order valence-corrected chi connectivity index (χ0v) is 13.3. The highest BCUT2D eigenvalue weighted by molar-refractivity contribution is 7.11. The Labute approximate surface area is 134 Å². The van der Waals surface area contributed by atoms with Gasteiger partial charge in [-0.2, -0.15) is 4.98 Å². The highest BCUT2D eigenvalue weighted by Gasteiger charge is 2.29. The SMILES string of the molecule is Cc1nc2c(c(=O)[nH]1)C(c1cccs1)C=C(c1cccs1)O2. The molecule has 4 nitrogen and oxygen atoms in total. The molecule has 0 radical (unpaired) electrons. The normalized spacial score (nSPS) is 16.8. The second kappa shape index (κ2) is 5.23. The molecule has 0 saturated carbocycles. The third-order valence-electron chi connectivity index (χ3n) is 3.49. The van der Waals surface area contributed by atoms with E-state index in [0.717, 1.165) is 15.5 Å². The van der Waals surface area contributed by atoms with Gasteiger partial charge in [-0.25, -0.2) is 0 Å². The third-order valence-corrected chi connectivity index (χ3v) is 5.33. The van der Waals surface area contributed by atoms with E-state index in [0.29, 0.717) is 17.3 Å². The van der Waals surface area contributed by atoms with E-state index >= 15 is 0 Å². The van der Waals surface area contributed by atoms with Crippen LogP contribution in [0.3, 0.4) is 0 Å². The van der Waals surface area contributed by atoms with Gasteiger partial charge in [-0.15, -0.1) is 22.7 Å². The molecule has 3 aromatic heterocycles. The first-order chi connectivity index (χ1) is 10.7. The van der Waals surface area contributed by atoms with Crippen LogP contribution in [-0.2, 0) is 0 Å². The van der Waals surface area contributed by atoms with Crippen molar-refractivity contribution in [1.82, 2.24) is 9.97 Å². The fourth-order valence-corrected chi connectivity index (χ4v) is 4.03. The highest BCUT2D eigenvalue weighted by atomic mass is 32.1. The number of nitrogens with one attached hydrogen (secondary N) is 1. The number of nitrogens with zero attached hydrogens (tertiary/aromatic N) is 1. The molecule has 1 aliphatic heterocycles. The summed E-state index contributed by atoms with van der Waals surface area (Å²) in [4.78, 5) is 21.7. The summed E-state index contributed by atoms with van der Waals surface area (Å²) in [5, 5.41) is 4.02. The van der Waals surface area contributed by atoms with Crippen molar-refractivity contribution in [3.63, 3.8) is 0 Å². The van der Waals surface area contributed by atoms with E-state index in [9.17, 15) is 4.79 Å². The van der Waals surface area contributed by atoms with Gasteiger partial charge in [0.25, 0.3) is 5.56 Å². The molecule has 1 unspecified atom stereocenters.